The number of carbonyl (C=O) groups is 1. The van der Waals surface area contributed by atoms with E-state index in [0.29, 0.717) is 17.6 Å². The minimum absolute atomic E-state index is 0.0670. The first-order valence-electron chi connectivity index (χ1n) is 8.27. The molecule has 3 N–H and O–H groups in total. The van der Waals surface area contributed by atoms with Crippen LogP contribution < -0.4 is 10.6 Å². The molecule has 2 atom stereocenters. The van der Waals surface area contributed by atoms with E-state index in [2.05, 4.69) is 27.5 Å². The van der Waals surface area contributed by atoms with E-state index in [9.17, 15) is 4.79 Å². The first kappa shape index (κ1) is 15.0. The molecule has 0 saturated carbocycles. The Kier molecular flexibility index (Phi) is 3.82. The molecular formula is C18H20N4O2. The lowest BCUT2D eigenvalue weighted by Crippen LogP contribution is -2.40. The zero-order valence-electron chi connectivity index (χ0n) is 13.5. The van der Waals surface area contributed by atoms with Gasteiger partial charge in [-0.05, 0) is 56.6 Å². The Hall–Kier alpha value is -2.60. The Balaban J connectivity index is 1.53. The van der Waals surface area contributed by atoms with Crippen molar-refractivity contribution in [3.8, 4) is 11.6 Å². The van der Waals surface area contributed by atoms with Gasteiger partial charge in [0.25, 0.3) is 0 Å². The molecule has 6 nitrogen and oxygen atoms in total. The van der Waals surface area contributed by atoms with E-state index >= 15 is 0 Å². The van der Waals surface area contributed by atoms with Gasteiger partial charge in [0.2, 0.25) is 5.91 Å². The van der Waals surface area contributed by atoms with Crippen LogP contribution in [0.5, 0.6) is 0 Å². The molecule has 0 bridgehead atoms. The largest absolute Gasteiger partial charge is 0.461 e. The fourth-order valence-electron chi connectivity index (χ4n) is 3.23. The van der Waals surface area contributed by atoms with Crippen LogP contribution in [0.25, 0.3) is 22.6 Å². The third-order valence-corrected chi connectivity index (χ3v) is 4.50. The van der Waals surface area contributed by atoms with Gasteiger partial charge in [-0.25, -0.2) is 4.98 Å². The van der Waals surface area contributed by atoms with Gasteiger partial charge < -0.3 is 20.0 Å². The SMILES string of the molecule is C[C@H]1C[C@@H](C(=O)Nc2ccc3nc(-c4ccco4)[nH]c3c2)CCN1. The molecule has 3 aromatic rings. The van der Waals surface area contributed by atoms with Gasteiger partial charge in [-0.15, -0.1) is 0 Å². The number of amides is 1. The van der Waals surface area contributed by atoms with Crippen molar-refractivity contribution in [2.24, 2.45) is 5.92 Å². The summed E-state index contributed by atoms with van der Waals surface area (Å²) in [6.45, 7) is 3.01. The molecule has 1 aliphatic rings. The van der Waals surface area contributed by atoms with Crippen molar-refractivity contribution in [3.05, 3.63) is 36.6 Å². The average molecular weight is 324 g/mol. The lowest BCUT2D eigenvalue weighted by Gasteiger charge is -2.27. The maximum atomic E-state index is 12.5. The summed E-state index contributed by atoms with van der Waals surface area (Å²) < 4.78 is 5.36. The standard InChI is InChI=1S/C18H20N4O2/c1-11-9-12(6-7-19-11)18(23)20-13-4-5-14-15(10-13)22-17(21-14)16-3-2-8-24-16/h2-5,8,10-12,19H,6-7,9H2,1H3,(H,20,23)(H,21,22)/t11-,12-/m0/s1. The first-order chi connectivity index (χ1) is 11.7. The van der Waals surface area contributed by atoms with E-state index in [1.54, 1.807) is 6.26 Å². The Morgan fingerprint density at radius 1 is 1.38 bits per heavy atom. The minimum Gasteiger partial charge on any atom is -0.461 e. The topological polar surface area (TPSA) is 83.0 Å². The molecule has 0 aliphatic carbocycles. The van der Waals surface area contributed by atoms with Crippen molar-refractivity contribution in [1.82, 2.24) is 15.3 Å². The highest BCUT2D eigenvalue weighted by atomic mass is 16.3. The predicted molar refractivity (Wildman–Crippen MR) is 92.6 cm³/mol. The summed E-state index contributed by atoms with van der Waals surface area (Å²) in [4.78, 5) is 20.2. The third-order valence-electron chi connectivity index (χ3n) is 4.50. The van der Waals surface area contributed by atoms with Crippen molar-refractivity contribution in [1.29, 1.82) is 0 Å². The normalized spacial score (nSPS) is 21.0. The van der Waals surface area contributed by atoms with Gasteiger partial charge >= 0.3 is 0 Å². The molecule has 1 fully saturated rings. The summed E-state index contributed by atoms with van der Waals surface area (Å²) >= 11 is 0. The number of benzene rings is 1. The molecule has 1 aromatic carbocycles. The van der Waals surface area contributed by atoms with Gasteiger partial charge in [0, 0.05) is 17.6 Å². The number of anilines is 1. The van der Waals surface area contributed by atoms with Crippen LogP contribution in [0.4, 0.5) is 5.69 Å². The molecule has 1 saturated heterocycles. The molecule has 3 heterocycles. The number of piperidine rings is 1. The average Bonchev–Trinajstić information content (AvgIpc) is 3.23. The van der Waals surface area contributed by atoms with Crippen molar-refractivity contribution in [2.75, 3.05) is 11.9 Å². The molecule has 2 aromatic heterocycles. The van der Waals surface area contributed by atoms with Gasteiger partial charge in [-0.2, -0.15) is 0 Å². The molecule has 6 heteroatoms. The molecule has 1 aliphatic heterocycles. The molecule has 24 heavy (non-hydrogen) atoms. The van der Waals surface area contributed by atoms with Gasteiger partial charge in [0.05, 0.1) is 17.3 Å². The number of rotatable bonds is 3. The van der Waals surface area contributed by atoms with Crippen LogP contribution in [0.3, 0.4) is 0 Å². The van der Waals surface area contributed by atoms with E-state index in [0.717, 1.165) is 36.1 Å². The smallest absolute Gasteiger partial charge is 0.227 e. The quantitative estimate of drug-likeness (QED) is 0.691. The van der Waals surface area contributed by atoms with E-state index in [-0.39, 0.29) is 11.8 Å². The number of hydrogen-bond acceptors (Lipinski definition) is 4. The van der Waals surface area contributed by atoms with Crippen LogP contribution in [0, 0.1) is 5.92 Å². The van der Waals surface area contributed by atoms with Crippen molar-refractivity contribution >= 4 is 22.6 Å². The van der Waals surface area contributed by atoms with Gasteiger partial charge in [0.15, 0.2) is 11.6 Å². The highest BCUT2D eigenvalue weighted by Crippen LogP contribution is 2.24. The van der Waals surface area contributed by atoms with E-state index < -0.39 is 0 Å². The molecule has 4 rings (SSSR count). The number of nitrogens with one attached hydrogen (secondary N) is 3. The third kappa shape index (κ3) is 2.92. The summed E-state index contributed by atoms with van der Waals surface area (Å²) in [7, 11) is 0. The van der Waals surface area contributed by atoms with Gasteiger partial charge in [0.1, 0.15) is 0 Å². The molecule has 1 amide bonds. The number of fused-ring (bicyclic) bond motifs is 1. The summed E-state index contributed by atoms with van der Waals surface area (Å²) in [5, 5.41) is 6.40. The Bertz CT molecular complexity index is 853. The van der Waals surface area contributed by atoms with Crippen molar-refractivity contribution < 1.29 is 9.21 Å². The summed E-state index contributed by atoms with van der Waals surface area (Å²) in [6.07, 6.45) is 3.38. The molecule has 0 radical (unpaired) electrons. The highest BCUT2D eigenvalue weighted by Gasteiger charge is 2.24. The zero-order chi connectivity index (χ0) is 16.5. The Labute approximate surface area is 139 Å². The van der Waals surface area contributed by atoms with E-state index in [1.807, 2.05) is 30.3 Å². The van der Waals surface area contributed by atoms with E-state index in [1.165, 1.54) is 0 Å². The maximum Gasteiger partial charge on any atom is 0.227 e. The lowest BCUT2D eigenvalue weighted by atomic mass is 9.92. The molecule has 0 spiro atoms. The number of hydrogen-bond donors (Lipinski definition) is 3. The molecular weight excluding hydrogens is 304 g/mol. The van der Waals surface area contributed by atoms with Crippen LogP contribution in [0.2, 0.25) is 0 Å². The number of furan rings is 1. The van der Waals surface area contributed by atoms with Crippen LogP contribution in [0.1, 0.15) is 19.8 Å². The summed E-state index contributed by atoms with van der Waals surface area (Å²) in [5.74, 6) is 1.54. The number of aromatic amines is 1. The van der Waals surface area contributed by atoms with Gasteiger partial charge in [-0.3, -0.25) is 4.79 Å². The second-order valence-corrected chi connectivity index (χ2v) is 6.36. The van der Waals surface area contributed by atoms with Crippen LogP contribution in [-0.4, -0.2) is 28.5 Å². The fraction of sp³-hybridized carbons (Fsp3) is 0.333. The number of imidazole rings is 1. The molecule has 124 valence electrons. The monoisotopic (exact) mass is 324 g/mol. The predicted octanol–water partition coefficient (Wildman–Crippen LogP) is 3.15. The first-order valence-corrected chi connectivity index (χ1v) is 8.27. The van der Waals surface area contributed by atoms with Crippen molar-refractivity contribution in [2.45, 2.75) is 25.8 Å². The number of H-pyrrole nitrogens is 1. The zero-order valence-corrected chi connectivity index (χ0v) is 13.5. The lowest BCUT2D eigenvalue weighted by molar-refractivity contribution is -0.120. The Morgan fingerprint density at radius 3 is 3.08 bits per heavy atom. The van der Waals surface area contributed by atoms with Gasteiger partial charge in [-0.1, -0.05) is 0 Å². The number of nitrogens with zero attached hydrogens (tertiary/aromatic N) is 1. The van der Waals surface area contributed by atoms with E-state index in [4.69, 9.17) is 4.42 Å². The summed E-state index contributed by atoms with van der Waals surface area (Å²) in [5.41, 5.74) is 2.50. The minimum atomic E-state index is 0.0670. The highest BCUT2D eigenvalue weighted by molar-refractivity contribution is 5.94. The van der Waals surface area contributed by atoms with Crippen LogP contribution in [0.15, 0.2) is 41.0 Å². The summed E-state index contributed by atoms with van der Waals surface area (Å²) in [6, 6.07) is 9.78. The maximum absolute atomic E-state index is 12.5. The number of aromatic nitrogens is 2. The second-order valence-electron chi connectivity index (χ2n) is 6.36. The van der Waals surface area contributed by atoms with Crippen molar-refractivity contribution in [3.63, 3.8) is 0 Å². The Morgan fingerprint density at radius 2 is 2.29 bits per heavy atom. The van der Waals surface area contributed by atoms with Crippen LogP contribution in [-0.2, 0) is 4.79 Å². The molecule has 0 unspecified atom stereocenters. The van der Waals surface area contributed by atoms with Crippen LogP contribution >= 0.6 is 0 Å². The fourth-order valence-corrected chi connectivity index (χ4v) is 3.23. The number of carbonyl (C=O) groups excluding carboxylic acids is 1. The second kappa shape index (κ2) is 6.13.